The van der Waals surface area contributed by atoms with Gasteiger partial charge in [0.05, 0.1) is 12.6 Å². The average Bonchev–Trinajstić information content (AvgIpc) is 2.84. The molecule has 10 heteroatoms. The summed E-state index contributed by atoms with van der Waals surface area (Å²) in [7, 11) is 0. The number of carbonyl (C=O) groups excluding carboxylic acids is 3. The number of carbonyl (C=O) groups is 3. The van der Waals surface area contributed by atoms with Crippen LogP contribution in [0.15, 0.2) is 48.6 Å². The molecule has 0 radical (unpaired) electrons. The van der Waals surface area contributed by atoms with E-state index in [1.54, 1.807) is 48.6 Å². The minimum Gasteiger partial charge on any atom is -0.396 e. The Bertz CT molecular complexity index is 977. The zero-order chi connectivity index (χ0) is 25.0. The molecule has 1 unspecified atom stereocenters. The molecule has 3 amide bonds. The zero-order valence-corrected chi connectivity index (χ0v) is 18.9. The predicted molar refractivity (Wildman–Crippen MR) is 125 cm³/mol. The third kappa shape index (κ3) is 7.83. The van der Waals surface area contributed by atoms with Crippen molar-refractivity contribution in [1.82, 2.24) is 16.1 Å². The molecule has 1 aliphatic carbocycles. The maximum Gasteiger partial charge on any atom is 0.268 e. The van der Waals surface area contributed by atoms with Gasteiger partial charge in [-0.25, -0.2) is 5.48 Å². The van der Waals surface area contributed by atoms with E-state index in [0.29, 0.717) is 24.2 Å². The highest BCUT2D eigenvalue weighted by Gasteiger charge is 2.37. The summed E-state index contributed by atoms with van der Waals surface area (Å²) in [6.07, 6.45) is 6.42. The normalized spacial score (nSPS) is 18.2. The largest absolute Gasteiger partial charge is 0.396 e. The first-order chi connectivity index (χ1) is 16.3. The Balaban J connectivity index is 2.11. The second kappa shape index (κ2) is 13.3. The van der Waals surface area contributed by atoms with Crippen LogP contribution in [0.25, 0.3) is 0 Å². The van der Waals surface area contributed by atoms with E-state index in [2.05, 4.69) is 27.8 Å². The standard InChI is InChI=1S/C24H30N4O6/c1-17(30)21(22(32)28-34)27-23(33)24(11-3-2-4-12-24)13-10-18-6-8-19(9-7-18)26-20(31)16-25-14-5-15-29/h2-4,6-9,11,17,21,25,29-30,34H,5,12,14-16H2,1H3,(H,26,31)(H,27,33)(H,28,32)/t17-,21+,24?/m1/s1. The zero-order valence-electron chi connectivity index (χ0n) is 18.9. The van der Waals surface area contributed by atoms with E-state index >= 15 is 0 Å². The molecular formula is C24H30N4O6. The van der Waals surface area contributed by atoms with Crippen LogP contribution in [-0.2, 0) is 14.4 Å². The van der Waals surface area contributed by atoms with Crippen LogP contribution in [0.2, 0.25) is 0 Å². The Morgan fingerprint density at radius 2 is 1.91 bits per heavy atom. The van der Waals surface area contributed by atoms with Gasteiger partial charge in [0, 0.05) is 17.9 Å². The molecule has 10 nitrogen and oxygen atoms in total. The maximum atomic E-state index is 13.0. The van der Waals surface area contributed by atoms with E-state index in [4.69, 9.17) is 10.3 Å². The summed E-state index contributed by atoms with van der Waals surface area (Å²) in [6.45, 7) is 2.05. The van der Waals surface area contributed by atoms with Crippen molar-refractivity contribution >= 4 is 23.4 Å². The lowest BCUT2D eigenvalue weighted by molar-refractivity contribution is -0.139. The first-order valence-electron chi connectivity index (χ1n) is 10.8. The summed E-state index contributed by atoms with van der Waals surface area (Å²) in [5.74, 6) is 4.16. The molecule has 0 bridgehead atoms. The number of allylic oxidation sites excluding steroid dienone is 3. The highest BCUT2D eigenvalue weighted by atomic mass is 16.5. The van der Waals surface area contributed by atoms with Crippen molar-refractivity contribution in [2.75, 3.05) is 25.0 Å². The number of rotatable bonds is 10. The first kappa shape index (κ1) is 26.8. The number of hydrogen-bond donors (Lipinski definition) is 7. The quantitative estimate of drug-likeness (QED) is 0.108. The van der Waals surface area contributed by atoms with Crippen molar-refractivity contribution in [3.05, 3.63) is 54.1 Å². The third-order valence-electron chi connectivity index (χ3n) is 5.03. The van der Waals surface area contributed by atoms with Gasteiger partial charge in [0.1, 0.15) is 11.5 Å². The van der Waals surface area contributed by atoms with Gasteiger partial charge in [-0.05, 0) is 50.6 Å². The van der Waals surface area contributed by atoms with E-state index in [0.717, 1.165) is 0 Å². The van der Waals surface area contributed by atoms with E-state index in [-0.39, 0.29) is 25.5 Å². The molecule has 7 N–H and O–H groups in total. The summed E-state index contributed by atoms with van der Waals surface area (Å²) in [5, 5.41) is 35.6. The van der Waals surface area contributed by atoms with Crippen molar-refractivity contribution in [3.63, 3.8) is 0 Å². The Hall–Kier alpha value is -3.49. The average molecular weight is 471 g/mol. The lowest BCUT2D eigenvalue weighted by atomic mass is 9.80. The van der Waals surface area contributed by atoms with Crippen molar-refractivity contribution < 1.29 is 29.8 Å². The second-order valence-corrected chi connectivity index (χ2v) is 7.76. The maximum absolute atomic E-state index is 13.0. The lowest BCUT2D eigenvalue weighted by Crippen LogP contribution is -2.55. The van der Waals surface area contributed by atoms with Crippen molar-refractivity contribution in [3.8, 4) is 11.8 Å². The number of nitrogens with one attached hydrogen (secondary N) is 4. The van der Waals surface area contributed by atoms with Crippen LogP contribution in [0.1, 0.15) is 25.3 Å². The van der Waals surface area contributed by atoms with Crippen molar-refractivity contribution in [1.29, 1.82) is 0 Å². The van der Waals surface area contributed by atoms with Gasteiger partial charge in [0.25, 0.3) is 5.91 Å². The second-order valence-electron chi connectivity index (χ2n) is 7.76. The lowest BCUT2D eigenvalue weighted by Gasteiger charge is -2.28. The number of hydrogen-bond acceptors (Lipinski definition) is 7. The highest BCUT2D eigenvalue weighted by molar-refractivity contribution is 5.94. The number of aliphatic hydroxyl groups is 2. The number of anilines is 1. The highest BCUT2D eigenvalue weighted by Crippen LogP contribution is 2.28. The van der Waals surface area contributed by atoms with E-state index in [1.165, 1.54) is 12.4 Å². The number of hydroxylamine groups is 1. The molecule has 3 atom stereocenters. The van der Waals surface area contributed by atoms with Gasteiger partial charge in [0.2, 0.25) is 11.8 Å². The topological polar surface area (TPSA) is 160 Å². The molecule has 0 spiro atoms. The Morgan fingerprint density at radius 1 is 1.18 bits per heavy atom. The van der Waals surface area contributed by atoms with Gasteiger partial charge in [-0.15, -0.1) is 0 Å². The molecule has 2 rings (SSSR count). The van der Waals surface area contributed by atoms with Crippen LogP contribution in [-0.4, -0.2) is 65.0 Å². The molecule has 0 saturated carbocycles. The van der Waals surface area contributed by atoms with Crippen molar-refractivity contribution in [2.45, 2.75) is 31.9 Å². The molecule has 1 aromatic rings. The third-order valence-corrected chi connectivity index (χ3v) is 5.03. The monoisotopic (exact) mass is 470 g/mol. The summed E-state index contributed by atoms with van der Waals surface area (Å²) in [5.41, 5.74) is 1.35. The van der Waals surface area contributed by atoms with Gasteiger partial charge in [0.15, 0.2) is 0 Å². The Kier molecular flexibility index (Phi) is 10.4. The van der Waals surface area contributed by atoms with Gasteiger partial charge in [-0.2, -0.15) is 0 Å². The number of benzene rings is 1. The van der Waals surface area contributed by atoms with Crippen LogP contribution in [0.5, 0.6) is 0 Å². The fraction of sp³-hybridized carbons (Fsp3) is 0.375. The molecular weight excluding hydrogens is 440 g/mol. The van der Waals surface area contributed by atoms with E-state index in [1.807, 2.05) is 0 Å². The van der Waals surface area contributed by atoms with Crippen LogP contribution in [0.4, 0.5) is 5.69 Å². The molecule has 34 heavy (non-hydrogen) atoms. The molecule has 0 heterocycles. The molecule has 0 aliphatic heterocycles. The van der Waals surface area contributed by atoms with Crippen molar-refractivity contribution in [2.24, 2.45) is 5.41 Å². The first-order valence-corrected chi connectivity index (χ1v) is 10.8. The SMILES string of the molecule is C[C@@H](O)[C@H](NC(=O)C1(C#Cc2ccc(NC(=O)CNCCCO)cc2)C=CC=CC1)C(=O)NO. The van der Waals surface area contributed by atoms with Crippen LogP contribution in [0.3, 0.4) is 0 Å². The fourth-order valence-electron chi connectivity index (χ4n) is 3.11. The minimum atomic E-state index is -1.35. The fourth-order valence-corrected chi connectivity index (χ4v) is 3.11. The Morgan fingerprint density at radius 3 is 2.50 bits per heavy atom. The Labute approximate surface area is 198 Å². The molecule has 0 saturated heterocycles. The molecule has 1 aromatic carbocycles. The summed E-state index contributed by atoms with van der Waals surface area (Å²) in [4.78, 5) is 36.8. The van der Waals surface area contributed by atoms with E-state index < -0.39 is 29.4 Å². The summed E-state index contributed by atoms with van der Waals surface area (Å²) >= 11 is 0. The van der Waals surface area contributed by atoms with Crippen LogP contribution >= 0.6 is 0 Å². The molecule has 1 aliphatic rings. The van der Waals surface area contributed by atoms with Gasteiger partial charge in [-0.1, -0.05) is 36.1 Å². The van der Waals surface area contributed by atoms with Gasteiger partial charge in [-0.3, -0.25) is 19.6 Å². The summed E-state index contributed by atoms with van der Waals surface area (Å²) in [6, 6.07) is 5.43. The van der Waals surface area contributed by atoms with Gasteiger partial charge < -0.3 is 26.2 Å². The van der Waals surface area contributed by atoms with E-state index in [9.17, 15) is 19.5 Å². The number of aliphatic hydroxyl groups excluding tert-OH is 2. The minimum absolute atomic E-state index is 0.0608. The molecule has 0 fully saturated rings. The molecule has 182 valence electrons. The summed E-state index contributed by atoms with van der Waals surface area (Å²) < 4.78 is 0. The number of amides is 3. The molecule has 0 aromatic heterocycles. The van der Waals surface area contributed by atoms with Crippen LogP contribution in [0, 0.1) is 17.3 Å². The van der Waals surface area contributed by atoms with Crippen LogP contribution < -0.4 is 21.4 Å². The predicted octanol–water partition coefficient (Wildman–Crippen LogP) is -0.178. The van der Waals surface area contributed by atoms with Gasteiger partial charge >= 0.3 is 0 Å². The smallest absolute Gasteiger partial charge is 0.268 e.